The average molecular weight is 165 g/mol. The molecule has 0 aromatic carbocycles. The Bertz CT molecular complexity index is 232. The van der Waals surface area contributed by atoms with Crippen molar-refractivity contribution < 1.29 is 4.79 Å². The molecule has 12 heavy (non-hydrogen) atoms. The number of rotatable bonds is 1. The van der Waals surface area contributed by atoms with E-state index in [2.05, 4.69) is 11.8 Å². The van der Waals surface area contributed by atoms with E-state index >= 15 is 0 Å². The number of carbonyl (C=O) groups is 1. The van der Waals surface area contributed by atoms with Gasteiger partial charge >= 0.3 is 0 Å². The number of ketones is 1. The Hall–Kier alpha value is -0.790. The van der Waals surface area contributed by atoms with Crippen LogP contribution in [0.2, 0.25) is 0 Å². The fourth-order valence-corrected chi connectivity index (χ4v) is 1.99. The Kier molecular flexibility index (Phi) is 1.91. The molecule has 1 fully saturated rings. The summed E-state index contributed by atoms with van der Waals surface area (Å²) in [6.45, 7) is 4.59. The second kappa shape index (κ2) is 2.92. The summed E-state index contributed by atoms with van der Waals surface area (Å²) in [4.78, 5) is 13.1. The molecule has 0 bridgehead atoms. The van der Waals surface area contributed by atoms with Gasteiger partial charge in [0.05, 0.1) is 6.42 Å². The summed E-state index contributed by atoms with van der Waals surface area (Å²) in [5.41, 5.74) is 1.27. The number of hydrogen-bond donors (Lipinski definition) is 0. The number of hydrogen-bond acceptors (Lipinski definition) is 2. The van der Waals surface area contributed by atoms with Gasteiger partial charge in [-0.2, -0.15) is 0 Å². The fraction of sp³-hybridized carbons (Fsp3) is 0.700. The van der Waals surface area contributed by atoms with Crippen LogP contribution in [0.4, 0.5) is 0 Å². The van der Waals surface area contributed by atoms with Crippen LogP contribution in [0.5, 0.6) is 0 Å². The molecule has 0 aromatic rings. The van der Waals surface area contributed by atoms with Gasteiger partial charge in [-0.1, -0.05) is 6.92 Å². The van der Waals surface area contributed by atoms with Gasteiger partial charge in [-0.3, -0.25) is 4.79 Å². The molecule has 66 valence electrons. The number of piperidine rings is 1. The molecular formula is C10H15NO. The van der Waals surface area contributed by atoms with Crippen LogP contribution >= 0.6 is 0 Å². The highest BCUT2D eigenvalue weighted by atomic mass is 16.1. The van der Waals surface area contributed by atoms with Crippen molar-refractivity contribution in [2.45, 2.75) is 26.2 Å². The predicted octanol–water partition coefficient (Wildman–Crippen LogP) is 1.57. The molecule has 1 saturated heterocycles. The fourth-order valence-electron chi connectivity index (χ4n) is 1.99. The van der Waals surface area contributed by atoms with Crippen molar-refractivity contribution >= 4 is 5.78 Å². The lowest BCUT2D eigenvalue weighted by atomic mass is 9.96. The number of allylic oxidation sites excluding steroid dienone is 2. The summed E-state index contributed by atoms with van der Waals surface area (Å²) >= 11 is 0. The van der Waals surface area contributed by atoms with Gasteiger partial charge in [-0.25, -0.2) is 0 Å². The highest BCUT2D eigenvalue weighted by Crippen LogP contribution is 2.25. The summed E-state index contributed by atoms with van der Waals surface area (Å²) in [5.74, 6) is 1.10. The maximum Gasteiger partial charge on any atom is 0.163 e. The normalized spacial score (nSPS) is 29.8. The molecule has 2 nitrogen and oxygen atoms in total. The highest BCUT2D eigenvalue weighted by Gasteiger charge is 2.24. The van der Waals surface area contributed by atoms with Crippen LogP contribution in [-0.2, 0) is 4.79 Å². The van der Waals surface area contributed by atoms with Gasteiger partial charge in [0, 0.05) is 24.9 Å². The second-order valence-corrected chi connectivity index (χ2v) is 3.97. The SMILES string of the molecule is C[C@H]1CCCN(C2=CC(=O)C2)C1. The molecule has 2 rings (SSSR count). The van der Waals surface area contributed by atoms with Crippen molar-refractivity contribution in [2.24, 2.45) is 5.92 Å². The Morgan fingerprint density at radius 1 is 1.58 bits per heavy atom. The third-order valence-corrected chi connectivity index (χ3v) is 2.75. The molecule has 0 spiro atoms. The predicted molar refractivity (Wildman–Crippen MR) is 47.7 cm³/mol. The Balaban J connectivity index is 1.96. The van der Waals surface area contributed by atoms with Gasteiger partial charge in [0.2, 0.25) is 0 Å². The van der Waals surface area contributed by atoms with Crippen molar-refractivity contribution in [1.29, 1.82) is 0 Å². The molecule has 1 aliphatic carbocycles. The minimum Gasteiger partial charge on any atom is -0.374 e. The molecule has 0 N–H and O–H groups in total. The molecule has 0 radical (unpaired) electrons. The van der Waals surface area contributed by atoms with Crippen LogP contribution in [0.25, 0.3) is 0 Å². The van der Waals surface area contributed by atoms with Crippen LogP contribution in [0, 0.1) is 5.92 Å². The molecule has 0 aromatic heterocycles. The molecular weight excluding hydrogens is 150 g/mol. The van der Waals surface area contributed by atoms with Crippen LogP contribution in [0.3, 0.4) is 0 Å². The zero-order valence-electron chi connectivity index (χ0n) is 7.55. The third kappa shape index (κ3) is 1.38. The van der Waals surface area contributed by atoms with E-state index in [0.717, 1.165) is 19.0 Å². The first-order valence-electron chi connectivity index (χ1n) is 4.74. The van der Waals surface area contributed by atoms with E-state index < -0.39 is 0 Å². The zero-order chi connectivity index (χ0) is 8.55. The average Bonchev–Trinajstić information content (AvgIpc) is 1.99. The van der Waals surface area contributed by atoms with Gasteiger partial charge in [-0.05, 0) is 18.8 Å². The first-order chi connectivity index (χ1) is 5.75. The zero-order valence-corrected chi connectivity index (χ0v) is 7.55. The first kappa shape index (κ1) is 7.84. The van der Waals surface area contributed by atoms with Crippen molar-refractivity contribution in [3.8, 4) is 0 Å². The minimum absolute atomic E-state index is 0.295. The Labute approximate surface area is 73.2 Å². The van der Waals surface area contributed by atoms with E-state index in [4.69, 9.17) is 0 Å². The Morgan fingerprint density at radius 2 is 2.33 bits per heavy atom. The van der Waals surface area contributed by atoms with E-state index in [1.807, 2.05) is 0 Å². The lowest BCUT2D eigenvalue weighted by molar-refractivity contribution is -0.116. The molecule has 1 aliphatic heterocycles. The van der Waals surface area contributed by atoms with Crippen LogP contribution in [0.15, 0.2) is 11.8 Å². The summed E-state index contributed by atoms with van der Waals surface area (Å²) < 4.78 is 0. The number of nitrogens with zero attached hydrogens (tertiary/aromatic N) is 1. The summed E-state index contributed by atoms with van der Waals surface area (Å²) in [7, 11) is 0. The van der Waals surface area contributed by atoms with Crippen molar-refractivity contribution in [3.05, 3.63) is 11.8 Å². The number of carbonyl (C=O) groups excluding carboxylic acids is 1. The van der Waals surface area contributed by atoms with E-state index in [9.17, 15) is 4.79 Å². The topological polar surface area (TPSA) is 20.3 Å². The largest absolute Gasteiger partial charge is 0.374 e. The third-order valence-electron chi connectivity index (χ3n) is 2.75. The highest BCUT2D eigenvalue weighted by molar-refractivity contribution is 5.98. The maximum absolute atomic E-state index is 10.7. The standard InChI is InChI=1S/C10H15NO/c1-8-3-2-4-11(7-8)9-5-10(12)6-9/h5,8H,2-4,6-7H2,1H3/t8-/m0/s1. The van der Waals surface area contributed by atoms with E-state index in [1.54, 1.807) is 6.08 Å². The van der Waals surface area contributed by atoms with Gasteiger partial charge in [0.15, 0.2) is 5.78 Å². The van der Waals surface area contributed by atoms with Crippen LogP contribution in [-0.4, -0.2) is 23.8 Å². The van der Waals surface area contributed by atoms with Crippen LogP contribution in [0.1, 0.15) is 26.2 Å². The summed E-state index contributed by atoms with van der Waals surface area (Å²) in [5, 5.41) is 0. The lowest BCUT2D eigenvalue weighted by Crippen LogP contribution is -2.37. The van der Waals surface area contributed by atoms with E-state index in [-0.39, 0.29) is 0 Å². The van der Waals surface area contributed by atoms with Crippen molar-refractivity contribution in [2.75, 3.05) is 13.1 Å². The molecule has 1 heterocycles. The quantitative estimate of drug-likeness (QED) is 0.588. The summed E-state index contributed by atoms with van der Waals surface area (Å²) in [6, 6.07) is 0. The maximum atomic E-state index is 10.7. The van der Waals surface area contributed by atoms with E-state index in [0.29, 0.717) is 12.2 Å². The van der Waals surface area contributed by atoms with Crippen LogP contribution < -0.4 is 0 Å². The van der Waals surface area contributed by atoms with Crippen molar-refractivity contribution in [1.82, 2.24) is 4.90 Å². The van der Waals surface area contributed by atoms with Gasteiger partial charge in [0.1, 0.15) is 0 Å². The second-order valence-electron chi connectivity index (χ2n) is 3.97. The lowest BCUT2D eigenvalue weighted by Gasteiger charge is -2.36. The molecule has 1 atom stereocenters. The molecule has 2 aliphatic rings. The monoisotopic (exact) mass is 165 g/mol. The smallest absolute Gasteiger partial charge is 0.163 e. The van der Waals surface area contributed by atoms with E-state index in [1.165, 1.54) is 18.5 Å². The minimum atomic E-state index is 0.295. The molecule has 0 saturated carbocycles. The molecule has 0 amide bonds. The first-order valence-corrected chi connectivity index (χ1v) is 4.74. The molecule has 0 unspecified atom stereocenters. The number of likely N-dealkylation sites (tertiary alicyclic amines) is 1. The molecule has 2 heteroatoms. The van der Waals surface area contributed by atoms with Gasteiger partial charge in [-0.15, -0.1) is 0 Å². The summed E-state index contributed by atoms with van der Waals surface area (Å²) in [6.07, 6.45) is 5.11. The van der Waals surface area contributed by atoms with Crippen molar-refractivity contribution in [3.63, 3.8) is 0 Å². The van der Waals surface area contributed by atoms with Gasteiger partial charge < -0.3 is 4.90 Å². The Morgan fingerprint density at radius 3 is 2.92 bits per heavy atom. The van der Waals surface area contributed by atoms with Gasteiger partial charge in [0.25, 0.3) is 0 Å².